The minimum absolute atomic E-state index is 0. The molecule has 0 amide bonds. The van der Waals surface area contributed by atoms with Crippen LogP contribution < -0.4 is 5.00 Å². The van der Waals surface area contributed by atoms with E-state index in [0.717, 1.165) is 0 Å². The maximum Gasteiger partial charge on any atom is 0.00268 e. The van der Waals surface area contributed by atoms with E-state index in [1.165, 1.54) is 5.00 Å². The van der Waals surface area contributed by atoms with Crippen LogP contribution in [-0.4, -0.2) is 5.21 Å². The molecule has 0 bridgehead atoms. The summed E-state index contributed by atoms with van der Waals surface area (Å²) in [6.45, 7) is 0. The van der Waals surface area contributed by atoms with E-state index < -0.39 is 0 Å². The predicted molar refractivity (Wildman–Crippen MR) is 10.8 cm³/mol. The van der Waals surface area contributed by atoms with Gasteiger partial charge < -0.3 is 5.21 Å². The topological polar surface area (TPSA) is 32.3 Å². The monoisotopic (exact) mass is 207 g/mol. The largest absolute Gasteiger partial charge is 0.301 e. The van der Waals surface area contributed by atoms with Gasteiger partial charge in [-0.2, -0.15) is 0 Å². The Morgan fingerprint density at radius 3 is 1.75 bits per heavy atom. The van der Waals surface area contributed by atoms with Gasteiger partial charge in [0.2, 0.25) is 0 Å². The summed E-state index contributed by atoms with van der Waals surface area (Å²) in [7, 11) is 0. The molecule has 4 heteroatoms. The van der Waals surface area contributed by atoms with Gasteiger partial charge in [0.15, 0.2) is 0 Å². The van der Waals surface area contributed by atoms with E-state index in [-0.39, 0.29) is 41.7 Å². The molecule has 0 radical (unpaired) electrons. The Balaban J connectivity index is 0. The molecule has 0 fully saturated rings. The molecule has 24 valence electrons. The molecule has 0 rings (SSSR count). The summed E-state index contributed by atoms with van der Waals surface area (Å²) in [5.74, 6) is 0. The normalized spacial score (nSPS) is 4.50. The van der Waals surface area contributed by atoms with Gasteiger partial charge in [-0.3, -0.25) is 0 Å². The maximum absolute atomic E-state index is 7.08. The first-order chi connectivity index (χ1) is 1.41. The quantitative estimate of drug-likeness (QED) is 0.437. The van der Waals surface area contributed by atoms with Crippen LogP contribution in [0.4, 0.5) is 0 Å². The Hall–Kier alpha value is 1.59. The molecule has 0 aliphatic carbocycles. The number of hydrogen-bond acceptors (Lipinski definition) is 2. The van der Waals surface area contributed by atoms with E-state index in [1.54, 1.807) is 0 Å². The zero-order chi connectivity index (χ0) is 2.71. The second-order valence-electron chi connectivity index (χ2n) is 0.0845. The third kappa shape index (κ3) is 9.53. The molecule has 0 aromatic rings. The minimum Gasteiger partial charge on any atom is -0.301 e. The van der Waals surface area contributed by atoms with Gasteiger partial charge in [0.05, 0.1) is 0 Å². The molecule has 4 heavy (non-hydrogen) atoms. The average molecular weight is 208 g/mol. The van der Waals surface area contributed by atoms with Crippen LogP contribution in [0, 0.1) is 41.7 Å². The van der Waals surface area contributed by atoms with Gasteiger partial charge in [-0.25, -0.2) is 0 Å². The number of hydrogen-bond donors (Lipinski definition) is 2. The molecule has 2 nitrogen and oxygen atoms in total. The van der Waals surface area contributed by atoms with Gasteiger partial charge >= 0.3 is 0 Å². The molecule has 0 atom stereocenters. The fraction of sp³-hybridized carbons (Fsp3) is 0. The van der Waals surface area contributed by atoms with Crippen LogP contribution in [0.5, 0.6) is 0 Å². The van der Waals surface area contributed by atoms with Crippen LogP contribution in [0.3, 0.4) is 0 Å². The third-order valence-corrected chi connectivity index (χ3v) is 0. The van der Waals surface area contributed by atoms with Crippen molar-refractivity contribution >= 4 is 11.8 Å². The standard InChI is InChI=1S/Ce.ClH2NO/c;1-2-3/h;2-3H. The van der Waals surface area contributed by atoms with Crippen molar-refractivity contribution in [2.75, 3.05) is 0 Å². The van der Waals surface area contributed by atoms with Crippen LogP contribution >= 0.6 is 11.8 Å². The van der Waals surface area contributed by atoms with E-state index in [0.29, 0.717) is 0 Å². The van der Waals surface area contributed by atoms with Crippen LogP contribution in [0.2, 0.25) is 0 Å². The molecular formula is H2CeClNO. The molecule has 0 saturated heterocycles. The molecule has 2 N–H and O–H groups in total. The number of halogens is 1. The molecule has 0 aromatic carbocycles. The fourth-order valence-corrected chi connectivity index (χ4v) is 0. The SMILES string of the molecule is ONCl.[Ce]. The van der Waals surface area contributed by atoms with E-state index in [1.807, 2.05) is 0 Å². The van der Waals surface area contributed by atoms with Crippen molar-refractivity contribution in [3.8, 4) is 0 Å². The Morgan fingerprint density at radius 1 is 1.75 bits per heavy atom. The Bertz CT molecular complexity index is 8.00. The smallest absolute Gasteiger partial charge is 0.00268 e. The molecule has 0 aromatic heterocycles. The summed E-state index contributed by atoms with van der Waals surface area (Å²) >= 11 is 4.30. The van der Waals surface area contributed by atoms with Crippen LogP contribution in [0.15, 0.2) is 0 Å². The summed E-state index contributed by atoms with van der Waals surface area (Å²) in [5.41, 5.74) is 0. The van der Waals surface area contributed by atoms with Gasteiger partial charge in [-0.1, -0.05) is 0 Å². The molecule has 0 spiro atoms. The van der Waals surface area contributed by atoms with Crippen molar-refractivity contribution in [3.05, 3.63) is 0 Å². The maximum atomic E-state index is 7.08. The minimum atomic E-state index is 0. The zero-order valence-corrected chi connectivity index (χ0v) is 5.72. The van der Waals surface area contributed by atoms with E-state index in [2.05, 4.69) is 11.8 Å². The second kappa shape index (κ2) is 8.82. The van der Waals surface area contributed by atoms with Gasteiger partial charge in [0.25, 0.3) is 0 Å². The molecule has 0 aliphatic rings. The Kier molecular flexibility index (Phi) is 20.1. The van der Waals surface area contributed by atoms with Crippen LogP contribution in [0.25, 0.3) is 0 Å². The third-order valence-electron chi connectivity index (χ3n) is 0. The van der Waals surface area contributed by atoms with E-state index in [4.69, 9.17) is 5.21 Å². The second-order valence-corrected chi connectivity index (χ2v) is 0.254. The van der Waals surface area contributed by atoms with Crippen LogP contribution in [0.1, 0.15) is 0 Å². The summed E-state index contributed by atoms with van der Waals surface area (Å²) < 4.78 is 0. The number of rotatable bonds is 0. The number of nitrogens with one attached hydrogen (secondary N) is 1. The summed E-state index contributed by atoms with van der Waals surface area (Å²) in [6, 6.07) is 0. The molecular weight excluding hydrogens is 206 g/mol. The fourth-order valence-electron chi connectivity index (χ4n) is 0. The van der Waals surface area contributed by atoms with Crippen molar-refractivity contribution in [2.24, 2.45) is 0 Å². The Labute approximate surface area is 63.0 Å². The van der Waals surface area contributed by atoms with Gasteiger partial charge in [0.1, 0.15) is 0 Å². The summed E-state index contributed by atoms with van der Waals surface area (Å²) in [5, 5.41) is 7.08. The molecule has 0 unspecified atom stereocenters. The Morgan fingerprint density at radius 2 is 1.75 bits per heavy atom. The zero-order valence-electron chi connectivity index (χ0n) is 1.83. The first-order valence-corrected chi connectivity index (χ1v) is 0.791. The first kappa shape index (κ1) is 9.14. The summed E-state index contributed by atoms with van der Waals surface area (Å²) in [6.07, 6.45) is 0. The van der Waals surface area contributed by atoms with Crippen LogP contribution in [-0.2, 0) is 0 Å². The molecule has 0 aliphatic heterocycles. The van der Waals surface area contributed by atoms with Gasteiger partial charge in [-0.15, -0.1) is 5.00 Å². The summed E-state index contributed by atoms with van der Waals surface area (Å²) in [4.78, 5) is 1.22. The van der Waals surface area contributed by atoms with E-state index in [9.17, 15) is 0 Å². The van der Waals surface area contributed by atoms with Crippen molar-refractivity contribution in [3.63, 3.8) is 0 Å². The average Bonchev–Trinajstić information content (AvgIpc) is 0.918. The first-order valence-electron chi connectivity index (χ1n) is 0.413. The van der Waals surface area contributed by atoms with Gasteiger partial charge in [0, 0.05) is 53.5 Å². The van der Waals surface area contributed by atoms with E-state index >= 15 is 0 Å². The predicted octanol–water partition coefficient (Wildman–Crippen LogP) is 0.119. The van der Waals surface area contributed by atoms with Gasteiger partial charge in [-0.05, 0) is 0 Å². The van der Waals surface area contributed by atoms with Crippen molar-refractivity contribution in [1.29, 1.82) is 0 Å². The van der Waals surface area contributed by atoms with Crippen molar-refractivity contribution < 1.29 is 47.0 Å². The molecule has 0 heterocycles. The van der Waals surface area contributed by atoms with Crippen molar-refractivity contribution in [2.45, 2.75) is 0 Å². The van der Waals surface area contributed by atoms with Crippen molar-refractivity contribution in [1.82, 2.24) is 5.00 Å². The molecule has 0 saturated carbocycles.